The molecule has 6 unspecified atom stereocenters. The van der Waals surface area contributed by atoms with Crippen LogP contribution in [-0.2, 0) is 23.9 Å². The Hall–Kier alpha value is -2.08. The summed E-state index contributed by atoms with van der Waals surface area (Å²) in [6, 6.07) is 0. The molecule has 4 aliphatic rings. The lowest BCUT2D eigenvalue weighted by Gasteiger charge is -2.58. The molecule has 0 aromatic carbocycles. The highest BCUT2D eigenvalue weighted by Crippen LogP contribution is 2.67. The standard InChI is InChI=1S/C24H30O6/c1-13-9-16-17-6-8-24(29,20(28)12-30-14(2)25)23(17,4)11-19(27)21(16)22(3)7-5-15(26)10-18(13)22/h10,16-17,21,29H,1,5-9,11-12H2,2-4H3. The fourth-order valence-corrected chi connectivity index (χ4v) is 7.15. The zero-order valence-corrected chi connectivity index (χ0v) is 18.0. The van der Waals surface area contributed by atoms with Gasteiger partial charge in [-0.3, -0.25) is 19.2 Å². The third kappa shape index (κ3) is 2.72. The predicted molar refractivity (Wildman–Crippen MR) is 108 cm³/mol. The van der Waals surface area contributed by atoms with Gasteiger partial charge in [0.25, 0.3) is 0 Å². The first-order valence-electron chi connectivity index (χ1n) is 10.8. The summed E-state index contributed by atoms with van der Waals surface area (Å²) in [7, 11) is 0. The highest BCUT2D eigenvalue weighted by Gasteiger charge is 2.68. The third-order valence-corrected chi connectivity index (χ3v) is 8.64. The van der Waals surface area contributed by atoms with Crippen LogP contribution < -0.4 is 0 Å². The number of ether oxygens (including phenoxy) is 1. The summed E-state index contributed by atoms with van der Waals surface area (Å²) in [6.07, 6.45) is 4.34. The van der Waals surface area contributed by atoms with Crippen LogP contribution in [0.25, 0.3) is 0 Å². The summed E-state index contributed by atoms with van der Waals surface area (Å²) in [5, 5.41) is 11.5. The van der Waals surface area contributed by atoms with E-state index in [0.717, 1.165) is 11.1 Å². The molecule has 0 bridgehead atoms. The van der Waals surface area contributed by atoms with E-state index >= 15 is 0 Å². The van der Waals surface area contributed by atoms with Gasteiger partial charge in [-0.2, -0.15) is 0 Å². The Bertz CT molecular complexity index is 899. The molecule has 0 aromatic heterocycles. The normalized spacial score (nSPS) is 42.7. The molecule has 4 aliphatic carbocycles. The highest BCUT2D eigenvalue weighted by molar-refractivity contribution is 5.95. The van der Waals surface area contributed by atoms with Crippen LogP contribution in [0.4, 0.5) is 0 Å². The van der Waals surface area contributed by atoms with E-state index in [2.05, 4.69) is 13.5 Å². The summed E-state index contributed by atoms with van der Waals surface area (Å²) < 4.78 is 4.87. The first-order valence-corrected chi connectivity index (χ1v) is 10.8. The maximum atomic E-state index is 13.6. The van der Waals surface area contributed by atoms with Crippen molar-refractivity contribution in [3.05, 3.63) is 23.8 Å². The van der Waals surface area contributed by atoms with E-state index in [1.807, 2.05) is 6.92 Å². The van der Waals surface area contributed by atoms with E-state index < -0.39 is 34.8 Å². The van der Waals surface area contributed by atoms with E-state index in [1.54, 1.807) is 6.08 Å². The second-order valence-corrected chi connectivity index (χ2v) is 10.2. The summed E-state index contributed by atoms with van der Waals surface area (Å²) in [4.78, 5) is 49.6. The molecule has 4 rings (SSSR count). The van der Waals surface area contributed by atoms with Crippen molar-refractivity contribution in [2.75, 3.05) is 6.61 Å². The number of ketones is 3. The highest BCUT2D eigenvalue weighted by atomic mass is 16.5. The van der Waals surface area contributed by atoms with Crippen molar-refractivity contribution in [3.63, 3.8) is 0 Å². The van der Waals surface area contributed by atoms with Crippen molar-refractivity contribution in [3.8, 4) is 0 Å². The number of allylic oxidation sites excluding steroid dienone is 2. The molecule has 0 aromatic rings. The Morgan fingerprint density at radius 2 is 1.97 bits per heavy atom. The molecule has 3 saturated carbocycles. The Morgan fingerprint density at radius 3 is 2.63 bits per heavy atom. The van der Waals surface area contributed by atoms with Crippen LogP contribution in [0.5, 0.6) is 0 Å². The molecule has 162 valence electrons. The number of fused-ring (bicyclic) bond motifs is 5. The van der Waals surface area contributed by atoms with Crippen LogP contribution in [-0.4, -0.2) is 40.6 Å². The molecule has 0 heterocycles. The van der Waals surface area contributed by atoms with Crippen LogP contribution in [0, 0.1) is 28.6 Å². The first-order chi connectivity index (χ1) is 13.9. The first kappa shape index (κ1) is 21.2. The van der Waals surface area contributed by atoms with Gasteiger partial charge in [0.1, 0.15) is 11.4 Å². The number of hydrogen-bond acceptors (Lipinski definition) is 6. The number of esters is 1. The predicted octanol–water partition coefficient (Wildman–Crippen LogP) is 2.73. The number of carbonyl (C=O) groups excluding carboxylic acids is 4. The second-order valence-electron chi connectivity index (χ2n) is 10.2. The monoisotopic (exact) mass is 414 g/mol. The van der Waals surface area contributed by atoms with Crippen LogP contribution in [0.15, 0.2) is 23.8 Å². The van der Waals surface area contributed by atoms with Crippen molar-refractivity contribution in [2.45, 2.75) is 64.9 Å². The molecular formula is C24H30O6. The fourth-order valence-electron chi connectivity index (χ4n) is 7.15. The number of aliphatic hydroxyl groups is 1. The van der Waals surface area contributed by atoms with E-state index in [9.17, 15) is 24.3 Å². The molecule has 0 radical (unpaired) electrons. The largest absolute Gasteiger partial charge is 0.458 e. The second kappa shape index (κ2) is 6.71. The van der Waals surface area contributed by atoms with Crippen molar-refractivity contribution in [1.29, 1.82) is 0 Å². The van der Waals surface area contributed by atoms with Gasteiger partial charge in [-0.05, 0) is 49.2 Å². The third-order valence-electron chi connectivity index (χ3n) is 8.64. The van der Waals surface area contributed by atoms with E-state index in [1.165, 1.54) is 6.92 Å². The van der Waals surface area contributed by atoms with Gasteiger partial charge in [0.2, 0.25) is 5.78 Å². The van der Waals surface area contributed by atoms with Crippen molar-refractivity contribution in [1.82, 2.24) is 0 Å². The van der Waals surface area contributed by atoms with Crippen LogP contribution in [0.3, 0.4) is 0 Å². The molecule has 6 heteroatoms. The topological polar surface area (TPSA) is 97.7 Å². The van der Waals surface area contributed by atoms with Crippen LogP contribution in [0.2, 0.25) is 0 Å². The van der Waals surface area contributed by atoms with Gasteiger partial charge in [0.05, 0.1) is 0 Å². The quantitative estimate of drug-likeness (QED) is 0.713. The summed E-state index contributed by atoms with van der Waals surface area (Å²) >= 11 is 0. The molecule has 0 aliphatic heterocycles. The molecule has 30 heavy (non-hydrogen) atoms. The van der Waals surface area contributed by atoms with E-state index in [0.29, 0.717) is 25.7 Å². The maximum Gasteiger partial charge on any atom is 0.303 e. The smallest absolute Gasteiger partial charge is 0.303 e. The molecular weight excluding hydrogens is 384 g/mol. The minimum atomic E-state index is -1.69. The number of hydrogen-bond donors (Lipinski definition) is 1. The fraction of sp³-hybridized carbons (Fsp3) is 0.667. The molecule has 6 nitrogen and oxygen atoms in total. The number of rotatable bonds is 3. The zero-order valence-electron chi connectivity index (χ0n) is 18.0. The van der Waals surface area contributed by atoms with Crippen molar-refractivity contribution in [2.24, 2.45) is 28.6 Å². The molecule has 0 saturated heterocycles. The van der Waals surface area contributed by atoms with Gasteiger partial charge in [-0.1, -0.05) is 26.0 Å². The number of carbonyl (C=O) groups is 4. The summed E-state index contributed by atoms with van der Waals surface area (Å²) in [5.41, 5.74) is -1.20. The lowest BCUT2D eigenvalue weighted by Crippen LogP contribution is -2.61. The van der Waals surface area contributed by atoms with E-state index in [4.69, 9.17) is 4.74 Å². The Morgan fingerprint density at radius 1 is 1.27 bits per heavy atom. The lowest BCUT2D eigenvalue weighted by molar-refractivity contribution is -0.172. The molecule has 0 amide bonds. The van der Waals surface area contributed by atoms with Gasteiger partial charge in [0.15, 0.2) is 12.4 Å². The van der Waals surface area contributed by atoms with Crippen LogP contribution >= 0.6 is 0 Å². The summed E-state index contributed by atoms with van der Waals surface area (Å²) in [5.74, 6) is -1.23. The Kier molecular flexibility index (Phi) is 4.73. The summed E-state index contributed by atoms with van der Waals surface area (Å²) in [6.45, 7) is 8.89. The lowest BCUT2D eigenvalue weighted by atomic mass is 9.45. The average Bonchev–Trinajstić information content (AvgIpc) is 2.93. The SMILES string of the molecule is C=C1CC2C(C(=O)CC3(C)C2CCC3(O)C(=O)COC(C)=O)C2(C)CCC(=O)C=C12. The van der Waals surface area contributed by atoms with Gasteiger partial charge < -0.3 is 9.84 Å². The maximum absolute atomic E-state index is 13.6. The van der Waals surface area contributed by atoms with E-state index in [-0.39, 0.29) is 42.2 Å². The minimum Gasteiger partial charge on any atom is -0.458 e. The molecule has 1 N–H and O–H groups in total. The minimum absolute atomic E-state index is 0.0146. The Balaban J connectivity index is 1.71. The van der Waals surface area contributed by atoms with Crippen molar-refractivity contribution < 1.29 is 29.0 Å². The zero-order chi connectivity index (χ0) is 22.1. The van der Waals surface area contributed by atoms with Gasteiger partial charge in [-0.25, -0.2) is 0 Å². The van der Waals surface area contributed by atoms with Gasteiger partial charge in [-0.15, -0.1) is 0 Å². The Labute approximate surface area is 176 Å². The van der Waals surface area contributed by atoms with Crippen molar-refractivity contribution >= 4 is 23.3 Å². The molecule has 6 atom stereocenters. The van der Waals surface area contributed by atoms with Gasteiger partial charge >= 0.3 is 5.97 Å². The van der Waals surface area contributed by atoms with Crippen LogP contribution in [0.1, 0.15) is 59.3 Å². The number of Topliss-reactive ketones (excluding diaryl/α,β-unsaturated/α-hetero) is 2. The van der Waals surface area contributed by atoms with Gasteiger partial charge in [0, 0.05) is 36.5 Å². The average molecular weight is 414 g/mol. The molecule has 0 spiro atoms. The molecule has 3 fully saturated rings.